The van der Waals surface area contributed by atoms with Crippen molar-refractivity contribution in [3.8, 4) is 56.0 Å². The van der Waals surface area contributed by atoms with E-state index >= 15 is 0 Å². The first-order chi connectivity index (χ1) is 44.0. The van der Waals surface area contributed by atoms with E-state index in [4.69, 9.17) is 13.6 Å². The Balaban J connectivity index is 0.890. The molecule has 15 aromatic rings. The van der Waals surface area contributed by atoms with Crippen molar-refractivity contribution >= 4 is 83.1 Å². The van der Waals surface area contributed by atoms with Gasteiger partial charge in [-0.25, -0.2) is 0 Å². The number of benzene rings is 13. The van der Waals surface area contributed by atoms with Gasteiger partial charge in [0.15, 0.2) is 5.75 Å². The lowest BCUT2D eigenvalue weighted by atomic mass is 9.66. The van der Waals surface area contributed by atoms with Gasteiger partial charge < -0.3 is 23.4 Å². The first-order valence-electron chi connectivity index (χ1n) is 30.8. The predicted molar refractivity (Wildman–Crippen MR) is 366 cm³/mol. The van der Waals surface area contributed by atoms with Gasteiger partial charge in [-0.05, 0) is 141 Å². The molecule has 1 atom stereocenters. The third-order valence-electron chi connectivity index (χ3n) is 18.9. The topological polar surface area (TPSA) is 42.0 Å². The Morgan fingerprint density at radius 2 is 0.989 bits per heavy atom. The molecule has 13 aromatic carbocycles. The molecule has 1 spiro atoms. The highest BCUT2D eigenvalue weighted by Gasteiger charge is 2.52. The molecule has 0 amide bonds. The summed E-state index contributed by atoms with van der Waals surface area (Å²) in [5.41, 5.74) is 22.2. The number of nitrogens with zero attached hydrogens (tertiary/aromatic N) is 2. The maximum absolute atomic E-state index is 7.80. The molecule has 2 aromatic heterocycles. The van der Waals surface area contributed by atoms with Gasteiger partial charge in [0.2, 0.25) is 0 Å². The second-order valence-electron chi connectivity index (χ2n) is 23.8. The molecule has 2 aliphatic carbocycles. The third-order valence-corrected chi connectivity index (χ3v) is 18.9. The van der Waals surface area contributed by atoms with Crippen LogP contribution in [0.4, 0.5) is 28.4 Å². The number of fused-ring (bicyclic) bond motifs is 16. The van der Waals surface area contributed by atoms with E-state index in [-0.39, 0.29) is 5.92 Å². The summed E-state index contributed by atoms with van der Waals surface area (Å²) < 4.78 is 21.7. The Labute approximate surface area is 515 Å². The summed E-state index contributed by atoms with van der Waals surface area (Å²) in [6.45, 7) is 2.34. The van der Waals surface area contributed by atoms with Crippen LogP contribution in [0.25, 0.3) is 99.2 Å². The number of hydrogen-bond acceptors (Lipinski definition) is 5. The van der Waals surface area contributed by atoms with Crippen molar-refractivity contribution in [2.45, 2.75) is 18.8 Å². The molecule has 0 fully saturated rings. The molecule has 420 valence electrons. The molecule has 1 unspecified atom stereocenters. The molecule has 0 bridgehead atoms. The maximum atomic E-state index is 7.80. The SMILES string of the molecule is CC1CC=CC=C1N(c1cccc2c1Oc1ccc(N(c3ccc4ccccc4c3)c3cc(-c4ccc(-c5ccccc5)cc4)c4oc5ccccc5c4c3)cc1C21c2ccccc2-c2ccccc21)c1ccc(-c2ccccc2)c2oc3ccccc3c12. The highest BCUT2D eigenvalue weighted by molar-refractivity contribution is 6.17. The predicted octanol–water partition coefficient (Wildman–Crippen LogP) is 23.2. The lowest BCUT2D eigenvalue weighted by Crippen LogP contribution is -2.33. The number of ether oxygens (including phenoxy) is 1. The molecule has 0 radical (unpaired) electrons. The van der Waals surface area contributed by atoms with Crippen molar-refractivity contribution < 1.29 is 13.6 Å². The molecule has 18 rings (SSSR count). The van der Waals surface area contributed by atoms with Crippen LogP contribution in [0, 0.1) is 5.92 Å². The third kappa shape index (κ3) is 7.81. The lowest BCUT2D eigenvalue weighted by molar-refractivity contribution is 0.437. The van der Waals surface area contributed by atoms with Crippen LogP contribution in [0.3, 0.4) is 0 Å². The smallest absolute Gasteiger partial charge is 0.156 e. The summed E-state index contributed by atoms with van der Waals surface area (Å²) in [5, 5.41) is 6.54. The van der Waals surface area contributed by atoms with Crippen molar-refractivity contribution in [1.82, 2.24) is 0 Å². The fourth-order valence-electron chi connectivity index (χ4n) is 14.9. The van der Waals surface area contributed by atoms with Gasteiger partial charge in [-0.3, -0.25) is 0 Å². The van der Waals surface area contributed by atoms with Crippen LogP contribution in [0.2, 0.25) is 0 Å². The van der Waals surface area contributed by atoms with E-state index in [0.29, 0.717) is 0 Å². The van der Waals surface area contributed by atoms with Gasteiger partial charge in [-0.1, -0.05) is 231 Å². The quantitative estimate of drug-likeness (QED) is 0.144. The van der Waals surface area contributed by atoms with Crippen LogP contribution in [-0.2, 0) is 5.41 Å². The molecule has 3 heterocycles. The molecular formula is C84H56N2O3. The normalized spacial score (nSPS) is 14.4. The van der Waals surface area contributed by atoms with Crippen LogP contribution in [0.15, 0.2) is 318 Å². The Bertz CT molecular complexity index is 5370. The minimum atomic E-state index is -0.833. The number of hydrogen-bond donors (Lipinski definition) is 0. The van der Waals surface area contributed by atoms with Crippen molar-refractivity contribution in [2.75, 3.05) is 9.80 Å². The van der Waals surface area contributed by atoms with Crippen molar-refractivity contribution in [2.24, 2.45) is 5.92 Å². The molecule has 1 aliphatic heterocycles. The molecule has 5 heteroatoms. The summed E-state index contributed by atoms with van der Waals surface area (Å²) in [7, 11) is 0. The van der Waals surface area contributed by atoms with Crippen LogP contribution in [0.5, 0.6) is 11.5 Å². The van der Waals surface area contributed by atoms with Crippen LogP contribution in [-0.4, -0.2) is 0 Å². The minimum Gasteiger partial charge on any atom is -0.455 e. The zero-order valence-electron chi connectivity index (χ0n) is 48.8. The highest BCUT2D eigenvalue weighted by atomic mass is 16.5. The second kappa shape index (κ2) is 20.1. The molecule has 5 nitrogen and oxygen atoms in total. The number of furan rings is 2. The van der Waals surface area contributed by atoms with Crippen LogP contribution < -0.4 is 14.5 Å². The van der Waals surface area contributed by atoms with E-state index in [9.17, 15) is 0 Å². The van der Waals surface area contributed by atoms with Crippen LogP contribution in [0.1, 0.15) is 35.6 Å². The van der Waals surface area contributed by atoms with E-state index in [2.05, 4.69) is 320 Å². The Morgan fingerprint density at radius 1 is 0.382 bits per heavy atom. The highest BCUT2D eigenvalue weighted by Crippen LogP contribution is 2.65. The van der Waals surface area contributed by atoms with E-state index < -0.39 is 5.41 Å². The standard InChI is InChI=1S/C84H56N2O3/c1-53-21-8-17-35-74(53)86(75-47-46-63(57-25-6-3-7-26-57)82-80(75)67-31-14-19-38-78(67)88-82)76-36-20-34-72-83(76)89-79-48-45-61(52-73(79)84(72)70-32-15-11-28-64(70)65-29-12-16-33-71(65)84)85(60-44-43-55-24-9-10-27-59(55)49-60)62-50-68(81-69(51-62)66-30-13-18-37-77(66)87-81)58-41-39-56(40-42-58)54-22-4-2-5-23-54/h2-20,22-53H,21H2,1H3. The van der Waals surface area contributed by atoms with Gasteiger partial charge in [0, 0.05) is 67.1 Å². The molecule has 3 aliphatic rings. The maximum Gasteiger partial charge on any atom is 0.156 e. The summed E-state index contributed by atoms with van der Waals surface area (Å²) in [6, 6.07) is 103. The minimum absolute atomic E-state index is 0.174. The summed E-state index contributed by atoms with van der Waals surface area (Å²) >= 11 is 0. The zero-order chi connectivity index (χ0) is 58.7. The van der Waals surface area contributed by atoms with E-state index in [0.717, 1.165) is 135 Å². The molecule has 0 saturated carbocycles. The second-order valence-corrected chi connectivity index (χ2v) is 23.8. The van der Waals surface area contributed by atoms with Gasteiger partial charge in [-0.15, -0.1) is 0 Å². The number of rotatable bonds is 9. The van der Waals surface area contributed by atoms with Gasteiger partial charge in [0.1, 0.15) is 28.1 Å². The van der Waals surface area contributed by atoms with Crippen molar-refractivity contribution in [3.05, 3.63) is 331 Å². The van der Waals surface area contributed by atoms with E-state index in [1.165, 1.54) is 38.9 Å². The number of allylic oxidation sites excluding steroid dienone is 4. The van der Waals surface area contributed by atoms with Gasteiger partial charge in [0.25, 0.3) is 0 Å². The number of anilines is 5. The first kappa shape index (κ1) is 50.9. The number of para-hydroxylation sites is 3. The van der Waals surface area contributed by atoms with E-state index in [1.807, 2.05) is 0 Å². The molecular weight excluding hydrogens is 1080 g/mol. The van der Waals surface area contributed by atoms with E-state index in [1.54, 1.807) is 0 Å². The summed E-state index contributed by atoms with van der Waals surface area (Å²) in [4.78, 5) is 4.92. The molecule has 0 N–H and O–H groups in total. The Morgan fingerprint density at radius 3 is 1.76 bits per heavy atom. The average molecular weight is 1140 g/mol. The summed E-state index contributed by atoms with van der Waals surface area (Å²) in [6.07, 6.45) is 7.68. The van der Waals surface area contributed by atoms with Gasteiger partial charge in [0.05, 0.1) is 22.2 Å². The average Bonchev–Trinajstić information content (AvgIpc) is 1.61. The fourth-order valence-corrected chi connectivity index (χ4v) is 14.9. The van der Waals surface area contributed by atoms with Gasteiger partial charge >= 0.3 is 0 Å². The largest absolute Gasteiger partial charge is 0.455 e. The van der Waals surface area contributed by atoms with Gasteiger partial charge in [-0.2, -0.15) is 0 Å². The monoisotopic (exact) mass is 1140 g/mol. The molecule has 89 heavy (non-hydrogen) atoms. The Hall–Kier alpha value is -11.4. The first-order valence-corrected chi connectivity index (χ1v) is 30.8. The Kier molecular flexibility index (Phi) is 11.5. The fraction of sp³-hybridized carbons (Fsp3) is 0.0476. The van der Waals surface area contributed by atoms with Crippen molar-refractivity contribution in [1.29, 1.82) is 0 Å². The molecule has 0 saturated heterocycles. The zero-order valence-corrected chi connectivity index (χ0v) is 48.8. The lowest BCUT2D eigenvalue weighted by Gasteiger charge is -2.42. The van der Waals surface area contributed by atoms with Crippen molar-refractivity contribution in [3.63, 3.8) is 0 Å². The summed E-state index contributed by atoms with van der Waals surface area (Å²) in [5.74, 6) is 1.77. The van der Waals surface area contributed by atoms with Crippen LogP contribution >= 0.6 is 0 Å².